The Bertz CT molecular complexity index is 162. The van der Waals surface area contributed by atoms with Crippen molar-refractivity contribution in [3.63, 3.8) is 0 Å². The molecule has 0 unspecified atom stereocenters. The molecule has 0 N–H and O–H groups in total. The number of ketones is 1. The fourth-order valence-corrected chi connectivity index (χ4v) is 1.52. The molecule has 0 atom stereocenters. The molecule has 0 bridgehead atoms. The Hall–Kier alpha value is -0.410. The van der Waals surface area contributed by atoms with Gasteiger partial charge in [0.1, 0.15) is 0 Å². The van der Waals surface area contributed by atoms with Gasteiger partial charge in [-0.25, -0.2) is 0 Å². The first kappa shape index (κ1) is 11.7. The van der Waals surface area contributed by atoms with Crippen LogP contribution in [0.1, 0.15) is 45.4 Å². The van der Waals surface area contributed by atoms with Gasteiger partial charge in [-0.15, -0.1) is 0 Å². The van der Waals surface area contributed by atoms with E-state index in [4.69, 9.17) is 9.47 Å². The highest BCUT2D eigenvalue weighted by molar-refractivity contribution is 5.81. The summed E-state index contributed by atoms with van der Waals surface area (Å²) in [6.45, 7) is 3.48. The van der Waals surface area contributed by atoms with Crippen LogP contribution in [0.25, 0.3) is 0 Å². The van der Waals surface area contributed by atoms with Gasteiger partial charge in [0.2, 0.25) is 6.29 Å². The van der Waals surface area contributed by atoms with Crippen molar-refractivity contribution in [1.82, 2.24) is 0 Å². The SMILES string of the molecule is CCCCCCC(=O)C1OCCCO1. The van der Waals surface area contributed by atoms with Gasteiger partial charge in [-0.1, -0.05) is 26.2 Å². The maximum Gasteiger partial charge on any atom is 0.217 e. The summed E-state index contributed by atoms with van der Waals surface area (Å²) in [4.78, 5) is 11.5. The second-order valence-electron chi connectivity index (χ2n) is 3.70. The summed E-state index contributed by atoms with van der Waals surface area (Å²) in [5.74, 6) is 0.112. The summed E-state index contributed by atoms with van der Waals surface area (Å²) in [5.41, 5.74) is 0. The van der Waals surface area contributed by atoms with E-state index in [1.54, 1.807) is 0 Å². The lowest BCUT2D eigenvalue weighted by Gasteiger charge is -2.21. The molecule has 0 spiro atoms. The Labute approximate surface area is 85.8 Å². The first-order valence-corrected chi connectivity index (χ1v) is 5.60. The highest BCUT2D eigenvalue weighted by atomic mass is 16.7. The molecule has 14 heavy (non-hydrogen) atoms. The molecule has 1 heterocycles. The van der Waals surface area contributed by atoms with Gasteiger partial charge >= 0.3 is 0 Å². The van der Waals surface area contributed by atoms with Gasteiger partial charge in [0, 0.05) is 6.42 Å². The monoisotopic (exact) mass is 200 g/mol. The first-order chi connectivity index (χ1) is 6.84. The lowest BCUT2D eigenvalue weighted by Crippen LogP contribution is -2.32. The van der Waals surface area contributed by atoms with Gasteiger partial charge in [-0.05, 0) is 12.8 Å². The summed E-state index contributed by atoms with van der Waals surface area (Å²) in [7, 11) is 0. The zero-order chi connectivity index (χ0) is 10.2. The number of ether oxygens (including phenoxy) is 2. The van der Waals surface area contributed by atoms with Crippen LogP contribution in [-0.4, -0.2) is 25.3 Å². The number of carbonyl (C=O) groups is 1. The highest BCUT2D eigenvalue weighted by Gasteiger charge is 2.21. The van der Waals surface area contributed by atoms with E-state index in [0.29, 0.717) is 19.6 Å². The van der Waals surface area contributed by atoms with Crippen LogP contribution < -0.4 is 0 Å². The van der Waals surface area contributed by atoms with Crippen molar-refractivity contribution < 1.29 is 14.3 Å². The van der Waals surface area contributed by atoms with Crippen LogP contribution in [0, 0.1) is 0 Å². The van der Waals surface area contributed by atoms with Crippen molar-refractivity contribution in [3.05, 3.63) is 0 Å². The minimum Gasteiger partial charge on any atom is -0.346 e. The zero-order valence-corrected chi connectivity index (χ0v) is 8.96. The van der Waals surface area contributed by atoms with E-state index in [9.17, 15) is 4.79 Å². The third kappa shape index (κ3) is 4.20. The Kier molecular flexibility index (Phi) is 5.80. The van der Waals surface area contributed by atoms with E-state index in [1.165, 1.54) is 12.8 Å². The fraction of sp³-hybridized carbons (Fsp3) is 0.909. The van der Waals surface area contributed by atoms with E-state index in [1.807, 2.05) is 0 Å². The van der Waals surface area contributed by atoms with Crippen LogP contribution in [0.3, 0.4) is 0 Å². The molecule has 0 radical (unpaired) electrons. The van der Waals surface area contributed by atoms with Crippen LogP contribution in [0.2, 0.25) is 0 Å². The summed E-state index contributed by atoms with van der Waals surface area (Å²) in [6.07, 6.45) is 5.45. The minimum atomic E-state index is -0.564. The molecule has 1 aliphatic rings. The molecule has 0 aromatic heterocycles. The van der Waals surface area contributed by atoms with Crippen molar-refractivity contribution in [2.75, 3.05) is 13.2 Å². The van der Waals surface area contributed by atoms with Crippen molar-refractivity contribution in [3.8, 4) is 0 Å². The second kappa shape index (κ2) is 6.96. The Morgan fingerprint density at radius 2 is 1.93 bits per heavy atom. The molecule has 0 aromatic rings. The zero-order valence-electron chi connectivity index (χ0n) is 8.96. The lowest BCUT2D eigenvalue weighted by molar-refractivity contribution is -0.188. The molecule has 3 nitrogen and oxygen atoms in total. The van der Waals surface area contributed by atoms with E-state index in [2.05, 4.69) is 6.92 Å². The third-order valence-corrected chi connectivity index (χ3v) is 2.37. The first-order valence-electron chi connectivity index (χ1n) is 5.60. The number of Topliss-reactive ketones (excluding diaryl/α,β-unsaturated/α-hetero) is 1. The van der Waals surface area contributed by atoms with Crippen LogP contribution >= 0.6 is 0 Å². The van der Waals surface area contributed by atoms with Crippen molar-refractivity contribution >= 4 is 5.78 Å². The number of carbonyl (C=O) groups excluding carboxylic acids is 1. The van der Waals surface area contributed by atoms with Gasteiger partial charge in [0.15, 0.2) is 5.78 Å². The largest absolute Gasteiger partial charge is 0.346 e. The molecule has 1 fully saturated rings. The summed E-state index contributed by atoms with van der Waals surface area (Å²) in [6, 6.07) is 0. The Balaban J connectivity index is 2.07. The average molecular weight is 200 g/mol. The predicted molar refractivity (Wildman–Crippen MR) is 54.1 cm³/mol. The summed E-state index contributed by atoms with van der Waals surface area (Å²) >= 11 is 0. The fourth-order valence-electron chi connectivity index (χ4n) is 1.52. The molecule has 1 rings (SSSR count). The number of unbranched alkanes of at least 4 members (excludes halogenated alkanes) is 3. The quantitative estimate of drug-likeness (QED) is 0.617. The predicted octanol–water partition coefficient (Wildman–Crippen LogP) is 2.29. The van der Waals surface area contributed by atoms with Gasteiger partial charge in [-0.2, -0.15) is 0 Å². The van der Waals surface area contributed by atoms with Gasteiger partial charge < -0.3 is 9.47 Å². The second-order valence-corrected chi connectivity index (χ2v) is 3.70. The average Bonchev–Trinajstić information content (AvgIpc) is 2.25. The standard InChI is InChI=1S/C11H20O3/c1-2-3-4-5-7-10(12)11-13-8-6-9-14-11/h11H,2-9H2,1H3. The minimum absolute atomic E-state index is 0.112. The molecule has 0 saturated carbocycles. The smallest absolute Gasteiger partial charge is 0.217 e. The molecule has 1 aliphatic heterocycles. The van der Waals surface area contributed by atoms with Crippen LogP contribution in [0.4, 0.5) is 0 Å². The Morgan fingerprint density at radius 1 is 1.21 bits per heavy atom. The van der Waals surface area contributed by atoms with Crippen molar-refractivity contribution in [2.45, 2.75) is 51.7 Å². The van der Waals surface area contributed by atoms with E-state index < -0.39 is 6.29 Å². The van der Waals surface area contributed by atoms with Crippen LogP contribution in [-0.2, 0) is 14.3 Å². The highest BCUT2D eigenvalue weighted by Crippen LogP contribution is 2.10. The molecular weight excluding hydrogens is 180 g/mol. The van der Waals surface area contributed by atoms with Gasteiger partial charge in [-0.3, -0.25) is 4.79 Å². The van der Waals surface area contributed by atoms with E-state index in [-0.39, 0.29) is 5.78 Å². The third-order valence-electron chi connectivity index (χ3n) is 2.37. The molecule has 0 amide bonds. The number of hydrogen-bond acceptors (Lipinski definition) is 3. The van der Waals surface area contributed by atoms with Crippen LogP contribution in [0.15, 0.2) is 0 Å². The molecule has 82 valence electrons. The van der Waals surface area contributed by atoms with E-state index in [0.717, 1.165) is 19.3 Å². The van der Waals surface area contributed by atoms with Crippen molar-refractivity contribution in [2.24, 2.45) is 0 Å². The van der Waals surface area contributed by atoms with E-state index >= 15 is 0 Å². The molecule has 0 aliphatic carbocycles. The molecule has 0 aromatic carbocycles. The summed E-state index contributed by atoms with van der Waals surface area (Å²) in [5, 5.41) is 0. The number of rotatable bonds is 6. The normalized spacial score (nSPS) is 18.4. The summed E-state index contributed by atoms with van der Waals surface area (Å²) < 4.78 is 10.4. The van der Waals surface area contributed by atoms with Crippen molar-refractivity contribution in [1.29, 1.82) is 0 Å². The number of hydrogen-bond donors (Lipinski definition) is 0. The van der Waals surface area contributed by atoms with Gasteiger partial charge in [0.05, 0.1) is 13.2 Å². The van der Waals surface area contributed by atoms with Crippen LogP contribution in [0.5, 0.6) is 0 Å². The maximum absolute atomic E-state index is 11.5. The molecule has 3 heteroatoms. The Morgan fingerprint density at radius 3 is 2.57 bits per heavy atom. The molecule has 1 saturated heterocycles. The molecular formula is C11H20O3. The van der Waals surface area contributed by atoms with Gasteiger partial charge in [0.25, 0.3) is 0 Å². The maximum atomic E-state index is 11.5. The lowest BCUT2D eigenvalue weighted by atomic mass is 10.1. The topological polar surface area (TPSA) is 35.5 Å².